The van der Waals surface area contributed by atoms with E-state index in [4.69, 9.17) is 14.3 Å². The lowest BCUT2D eigenvalue weighted by molar-refractivity contribution is 0.0973. The molecule has 1 N–H and O–H groups in total. The molecule has 1 heterocycles. The van der Waals surface area contributed by atoms with Crippen LogP contribution in [-0.2, 0) is 0 Å². The third-order valence-corrected chi connectivity index (χ3v) is 5.70. The fourth-order valence-electron chi connectivity index (χ4n) is 3.79. The molecule has 162 valence electrons. The Balaban J connectivity index is 1.63. The highest BCUT2D eigenvalue weighted by molar-refractivity contribution is 6.31. The van der Waals surface area contributed by atoms with Crippen molar-refractivity contribution < 1.29 is 17.1 Å². The number of amides is 2. The number of Topliss-reactive ketones (excluding diaryl/α,β-unsaturated/α-hetero) is 1. The summed E-state index contributed by atoms with van der Waals surface area (Å²) in [5.74, 6) is -1.29. The number of hydrogen-bond donors (Lipinski definition) is 1. The second-order valence-electron chi connectivity index (χ2n) is 7.67. The summed E-state index contributed by atoms with van der Waals surface area (Å²) >= 11 is 6.06. The predicted molar refractivity (Wildman–Crippen MR) is 127 cm³/mol. The maximum atomic E-state index is 13.5. The third-order valence-electron chi connectivity index (χ3n) is 5.46. The number of anilines is 2. The van der Waals surface area contributed by atoms with Gasteiger partial charge in [0.2, 0.25) is 0 Å². The van der Waals surface area contributed by atoms with E-state index in [-0.39, 0.29) is 30.3 Å². The first-order chi connectivity index (χ1) is 16.1. The van der Waals surface area contributed by atoms with Crippen LogP contribution >= 0.6 is 11.6 Å². The second-order valence-corrected chi connectivity index (χ2v) is 8.11. The van der Waals surface area contributed by atoms with Gasteiger partial charge >= 0.3 is 0 Å². The fraction of sp³-hybridized carbons (Fsp3) is 0.192. The molecule has 3 aromatic rings. The SMILES string of the molecule is [2H]C1([2H])CCN(C(=O)c2ccc(NC(=O)c3ccccc3C)cc2C)c2ccc(Cl)cc2C1=O. The topological polar surface area (TPSA) is 66.5 Å². The molecule has 4 rings (SSSR count). The quantitative estimate of drug-likeness (QED) is 0.548. The van der Waals surface area contributed by atoms with Gasteiger partial charge in [-0.3, -0.25) is 14.4 Å². The molecule has 0 atom stereocenters. The van der Waals surface area contributed by atoms with Crippen LogP contribution in [0.15, 0.2) is 60.7 Å². The molecule has 0 radical (unpaired) electrons. The number of halogens is 1. The zero-order valence-electron chi connectivity index (χ0n) is 19.7. The van der Waals surface area contributed by atoms with Gasteiger partial charge in [-0.15, -0.1) is 0 Å². The number of aryl methyl sites for hydroxylation is 2. The minimum absolute atomic E-state index is 0.0391. The Morgan fingerprint density at radius 2 is 1.78 bits per heavy atom. The molecule has 32 heavy (non-hydrogen) atoms. The average molecular weight is 449 g/mol. The van der Waals surface area contributed by atoms with Crippen molar-refractivity contribution in [2.75, 3.05) is 16.8 Å². The first-order valence-corrected chi connectivity index (χ1v) is 10.6. The number of ketones is 1. The van der Waals surface area contributed by atoms with E-state index in [1.807, 2.05) is 19.1 Å². The molecule has 3 aromatic carbocycles. The van der Waals surface area contributed by atoms with Gasteiger partial charge < -0.3 is 10.2 Å². The van der Waals surface area contributed by atoms with Crippen molar-refractivity contribution in [3.05, 3.63) is 93.5 Å². The average Bonchev–Trinajstić information content (AvgIpc) is 2.88. The molecular weight excluding hydrogens is 424 g/mol. The summed E-state index contributed by atoms with van der Waals surface area (Å²) < 4.78 is 16.3. The number of hydrogen-bond acceptors (Lipinski definition) is 3. The highest BCUT2D eigenvalue weighted by Gasteiger charge is 2.27. The summed E-state index contributed by atoms with van der Waals surface area (Å²) in [5, 5.41) is 3.15. The van der Waals surface area contributed by atoms with Crippen molar-refractivity contribution in [2.45, 2.75) is 26.6 Å². The van der Waals surface area contributed by atoms with E-state index in [1.54, 1.807) is 49.4 Å². The molecule has 0 aromatic heterocycles. The van der Waals surface area contributed by atoms with E-state index in [2.05, 4.69) is 5.32 Å². The third kappa shape index (κ3) is 4.30. The van der Waals surface area contributed by atoms with Gasteiger partial charge in [-0.1, -0.05) is 29.8 Å². The summed E-state index contributed by atoms with van der Waals surface area (Å²) in [4.78, 5) is 40.3. The number of rotatable bonds is 3. The maximum absolute atomic E-state index is 13.5. The van der Waals surface area contributed by atoms with Gasteiger partial charge in [-0.2, -0.15) is 0 Å². The lowest BCUT2D eigenvalue weighted by Crippen LogP contribution is -2.32. The van der Waals surface area contributed by atoms with Crippen molar-refractivity contribution in [2.24, 2.45) is 0 Å². The lowest BCUT2D eigenvalue weighted by Gasteiger charge is -2.23. The Labute approximate surface area is 194 Å². The van der Waals surface area contributed by atoms with Gasteiger partial charge in [-0.05, 0) is 73.9 Å². The summed E-state index contributed by atoms with van der Waals surface area (Å²) in [6, 6.07) is 16.8. The van der Waals surface area contributed by atoms with E-state index >= 15 is 0 Å². The Hall–Kier alpha value is -3.44. The summed E-state index contributed by atoms with van der Waals surface area (Å²) in [5.41, 5.74) is 3.43. The van der Waals surface area contributed by atoms with E-state index in [0.29, 0.717) is 33.1 Å². The largest absolute Gasteiger partial charge is 0.322 e. The zero-order valence-corrected chi connectivity index (χ0v) is 18.5. The number of benzene rings is 3. The molecule has 0 aliphatic carbocycles. The normalized spacial score (nSPS) is 15.8. The molecule has 0 bridgehead atoms. The lowest BCUT2D eigenvalue weighted by atomic mass is 10.0. The number of nitrogens with zero attached hydrogens (tertiary/aromatic N) is 1. The Morgan fingerprint density at radius 1 is 1.00 bits per heavy atom. The predicted octanol–water partition coefficient (Wildman–Crippen LogP) is 5.83. The Bertz CT molecular complexity index is 1320. The maximum Gasteiger partial charge on any atom is 0.258 e. The minimum Gasteiger partial charge on any atom is -0.322 e. The number of nitrogens with one attached hydrogen (secondary N) is 1. The van der Waals surface area contributed by atoms with Crippen molar-refractivity contribution in [1.82, 2.24) is 0 Å². The summed E-state index contributed by atoms with van der Waals surface area (Å²) in [7, 11) is 0. The van der Waals surface area contributed by atoms with Crippen molar-refractivity contribution in [3.8, 4) is 0 Å². The van der Waals surface area contributed by atoms with Crippen LogP contribution in [0.2, 0.25) is 5.02 Å². The minimum atomic E-state index is -2.10. The smallest absolute Gasteiger partial charge is 0.258 e. The van der Waals surface area contributed by atoms with Crippen LogP contribution in [0, 0.1) is 13.8 Å². The molecule has 6 heteroatoms. The van der Waals surface area contributed by atoms with E-state index in [1.165, 1.54) is 11.0 Å². The fourth-order valence-corrected chi connectivity index (χ4v) is 3.96. The zero-order chi connectivity index (χ0) is 24.6. The van der Waals surface area contributed by atoms with Crippen LogP contribution < -0.4 is 10.2 Å². The van der Waals surface area contributed by atoms with Gasteiger partial charge in [0.1, 0.15) is 0 Å². The van der Waals surface area contributed by atoms with E-state index in [9.17, 15) is 14.4 Å². The second kappa shape index (κ2) is 8.97. The van der Waals surface area contributed by atoms with Crippen LogP contribution in [0.5, 0.6) is 0 Å². The molecule has 1 aliphatic heterocycles. The Morgan fingerprint density at radius 3 is 2.53 bits per heavy atom. The highest BCUT2D eigenvalue weighted by atomic mass is 35.5. The first-order valence-electron chi connectivity index (χ1n) is 11.2. The van der Waals surface area contributed by atoms with Crippen LogP contribution in [0.3, 0.4) is 0 Å². The van der Waals surface area contributed by atoms with Gasteiger partial charge in [0, 0.05) is 43.1 Å². The molecule has 0 fully saturated rings. The molecule has 0 saturated carbocycles. The number of carbonyl (C=O) groups excluding carboxylic acids is 3. The van der Waals surface area contributed by atoms with E-state index in [0.717, 1.165) is 5.56 Å². The van der Waals surface area contributed by atoms with Crippen molar-refractivity contribution in [1.29, 1.82) is 0 Å². The van der Waals surface area contributed by atoms with Crippen LogP contribution in [0.4, 0.5) is 11.4 Å². The molecule has 2 amide bonds. The summed E-state index contributed by atoms with van der Waals surface area (Å²) in [6.07, 6.45) is -2.24. The van der Waals surface area contributed by atoms with Gasteiger partial charge in [-0.25, -0.2) is 0 Å². The monoisotopic (exact) mass is 448 g/mol. The number of fused-ring (bicyclic) bond motifs is 1. The highest BCUT2D eigenvalue weighted by Crippen LogP contribution is 2.31. The number of carbonyl (C=O) groups is 3. The van der Waals surface area contributed by atoms with Crippen LogP contribution in [0.25, 0.3) is 0 Å². The molecule has 0 saturated heterocycles. The van der Waals surface area contributed by atoms with Crippen LogP contribution in [0.1, 0.15) is 57.7 Å². The Kier molecular flexibility index (Phi) is 5.40. The molecular formula is C26H23ClN2O3. The van der Waals surface area contributed by atoms with Gasteiger partial charge in [0.25, 0.3) is 11.8 Å². The molecule has 1 aliphatic rings. The molecule has 0 unspecified atom stereocenters. The van der Waals surface area contributed by atoms with Crippen molar-refractivity contribution in [3.63, 3.8) is 0 Å². The van der Waals surface area contributed by atoms with Gasteiger partial charge in [0.15, 0.2) is 5.78 Å². The molecule has 5 nitrogen and oxygen atoms in total. The summed E-state index contributed by atoms with van der Waals surface area (Å²) in [6.45, 7) is 3.67. The standard InChI is InChI=1S/C26H23ClN2O3/c1-16-6-3-4-7-20(16)25(31)28-19-10-11-21(17(2)14-19)26(32)29-13-5-8-24(30)22-15-18(27)9-12-23(22)29/h3-4,6-7,9-12,14-15H,5,8,13H2,1-2H3,(H,28,31)/i8D2. The first kappa shape index (κ1) is 19.3. The molecule has 0 spiro atoms. The van der Waals surface area contributed by atoms with Gasteiger partial charge in [0.05, 0.1) is 5.69 Å². The van der Waals surface area contributed by atoms with Crippen LogP contribution in [-0.4, -0.2) is 24.1 Å². The van der Waals surface area contributed by atoms with E-state index < -0.39 is 12.2 Å². The van der Waals surface area contributed by atoms with Crippen molar-refractivity contribution >= 4 is 40.6 Å².